The lowest BCUT2D eigenvalue weighted by molar-refractivity contribution is 0.395. The summed E-state index contributed by atoms with van der Waals surface area (Å²) < 4.78 is 17.2. The standard InChI is InChI=1S/C10H15NO2S/c1-7-6-11-10(8(2)14(7)12)9-4-3-5-13-9/h3-5,7-8,10-11H,6H2,1-2H3. The second-order valence-corrected chi connectivity index (χ2v) is 5.95. The Morgan fingerprint density at radius 2 is 2.36 bits per heavy atom. The molecule has 4 atom stereocenters. The summed E-state index contributed by atoms with van der Waals surface area (Å²) in [6, 6.07) is 3.90. The van der Waals surface area contributed by atoms with Gasteiger partial charge in [-0.1, -0.05) is 0 Å². The Morgan fingerprint density at radius 3 is 3.00 bits per heavy atom. The molecule has 0 aromatic carbocycles. The summed E-state index contributed by atoms with van der Waals surface area (Å²) in [5.74, 6) is 0.887. The molecule has 0 aliphatic carbocycles. The van der Waals surface area contributed by atoms with Crippen molar-refractivity contribution < 1.29 is 8.63 Å². The van der Waals surface area contributed by atoms with Crippen LogP contribution in [0.15, 0.2) is 22.8 Å². The van der Waals surface area contributed by atoms with Gasteiger partial charge in [-0.15, -0.1) is 0 Å². The van der Waals surface area contributed by atoms with Gasteiger partial charge in [-0.3, -0.25) is 4.21 Å². The zero-order valence-electron chi connectivity index (χ0n) is 8.40. The summed E-state index contributed by atoms with van der Waals surface area (Å²) in [7, 11) is -0.767. The molecule has 1 N–H and O–H groups in total. The first kappa shape index (κ1) is 9.93. The summed E-state index contributed by atoms with van der Waals surface area (Å²) >= 11 is 0. The molecular weight excluding hydrogens is 198 g/mol. The van der Waals surface area contributed by atoms with Gasteiger partial charge in [0.1, 0.15) is 5.76 Å². The van der Waals surface area contributed by atoms with E-state index >= 15 is 0 Å². The molecule has 1 aliphatic heterocycles. The molecule has 0 saturated carbocycles. The van der Waals surface area contributed by atoms with E-state index in [1.165, 1.54) is 0 Å². The minimum Gasteiger partial charge on any atom is -0.468 e. The van der Waals surface area contributed by atoms with Crippen molar-refractivity contribution in [1.29, 1.82) is 0 Å². The molecule has 14 heavy (non-hydrogen) atoms. The van der Waals surface area contributed by atoms with Crippen molar-refractivity contribution in [2.24, 2.45) is 0 Å². The van der Waals surface area contributed by atoms with Crippen molar-refractivity contribution in [2.45, 2.75) is 30.4 Å². The van der Waals surface area contributed by atoms with E-state index in [9.17, 15) is 4.21 Å². The fourth-order valence-corrected chi connectivity index (χ4v) is 3.33. The van der Waals surface area contributed by atoms with E-state index in [1.54, 1.807) is 6.26 Å². The van der Waals surface area contributed by atoms with Gasteiger partial charge in [-0.05, 0) is 26.0 Å². The molecule has 1 aromatic heterocycles. The molecule has 0 bridgehead atoms. The van der Waals surface area contributed by atoms with Crippen LogP contribution >= 0.6 is 0 Å². The zero-order valence-corrected chi connectivity index (χ0v) is 9.21. The van der Waals surface area contributed by atoms with Crippen LogP contribution < -0.4 is 5.32 Å². The highest BCUT2D eigenvalue weighted by Crippen LogP contribution is 2.26. The van der Waals surface area contributed by atoms with Crippen molar-refractivity contribution >= 4 is 10.8 Å². The molecule has 0 radical (unpaired) electrons. The number of furan rings is 1. The van der Waals surface area contributed by atoms with Crippen LogP contribution in [0.5, 0.6) is 0 Å². The summed E-state index contributed by atoms with van der Waals surface area (Å²) in [6.07, 6.45) is 1.66. The quantitative estimate of drug-likeness (QED) is 0.767. The van der Waals surface area contributed by atoms with E-state index in [0.717, 1.165) is 12.3 Å². The van der Waals surface area contributed by atoms with E-state index in [1.807, 2.05) is 26.0 Å². The fourth-order valence-electron chi connectivity index (χ4n) is 1.84. The normalized spacial score (nSPS) is 38.4. The molecule has 1 aliphatic rings. The lowest BCUT2D eigenvalue weighted by atomic mass is 10.1. The van der Waals surface area contributed by atoms with Crippen LogP contribution in [0, 0.1) is 0 Å². The number of nitrogens with one attached hydrogen (secondary N) is 1. The third kappa shape index (κ3) is 1.64. The van der Waals surface area contributed by atoms with E-state index in [2.05, 4.69) is 5.32 Å². The molecular formula is C10H15NO2S. The molecule has 4 heteroatoms. The van der Waals surface area contributed by atoms with Gasteiger partial charge in [0, 0.05) is 22.6 Å². The lowest BCUT2D eigenvalue weighted by Gasteiger charge is -2.31. The van der Waals surface area contributed by atoms with Crippen molar-refractivity contribution in [3.63, 3.8) is 0 Å². The van der Waals surface area contributed by atoms with Crippen LogP contribution in [0.1, 0.15) is 25.6 Å². The minimum absolute atomic E-state index is 0.0991. The van der Waals surface area contributed by atoms with Crippen LogP contribution in [-0.2, 0) is 10.8 Å². The van der Waals surface area contributed by atoms with Gasteiger partial charge < -0.3 is 9.73 Å². The average Bonchev–Trinajstić information content (AvgIpc) is 2.67. The van der Waals surface area contributed by atoms with Crippen LogP contribution in [-0.4, -0.2) is 21.3 Å². The van der Waals surface area contributed by atoms with E-state index in [0.29, 0.717) is 0 Å². The van der Waals surface area contributed by atoms with Gasteiger partial charge >= 0.3 is 0 Å². The fraction of sp³-hybridized carbons (Fsp3) is 0.600. The molecule has 4 unspecified atom stereocenters. The van der Waals surface area contributed by atoms with Gasteiger partial charge in [-0.25, -0.2) is 0 Å². The predicted molar refractivity (Wildman–Crippen MR) is 56.5 cm³/mol. The predicted octanol–water partition coefficient (Wildman–Crippen LogP) is 1.45. The van der Waals surface area contributed by atoms with Crippen LogP contribution in [0.25, 0.3) is 0 Å². The van der Waals surface area contributed by atoms with Gasteiger partial charge in [0.15, 0.2) is 0 Å². The molecule has 78 valence electrons. The van der Waals surface area contributed by atoms with Gasteiger partial charge in [0.05, 0.1) is 17.6 Å². The van der Waals surface area contributed by atoms with Crippen LogP contribution in [0.2, 0.25) is 0 Å². The van der Waals surface area contributed by atoms with Crippen LogP contribution in [0.3, 0.4) is 0 Å². The molecule has 1 saturated heterocycles. The molecule has 2 rings (SSSR count). The maximum Gasteiger partial charge on any atom is 0.121 e. The molecule has 1 fully saturated rings. The first-order valence-electron chi connectivity index (χ1n) is 4.86. The molecule has 0 amide bonds. The topological polar surface area (TPSA) is 42.2 Å². The molecule has 2 heterocycles. The van der Waals surface area contributed by atoms with E-state index < -0.39 is 10.8 Å². The molecule has 1 aromatic rings. The lowest BCUT2D eigenvalue weighted by Crippen LogP contribution is -2.46. The first-order valence-corrected chi connectivity index (χ1v) is 6.14. The molecule has 3 nitrogen and oxygen atoms in total. The monoisotopic (exact) mass is 213 g/mol. The Hall–Kier alpha value is -0.610. The third-order valence-corrected chi connectivity index (χ3v) is 4.67. The Morgan fingerprint density at radius 1 is 1.57 bits per heavy atom. The third-order valence-electron chi connectivity index (χ3n) is 2.71. The second kappa shape index (κ2) is 3.87. The average molecular weight is 213 g/mol. The highest BCUT2D eigenvalue weighted by molar-refractivity contribution is 7.86. The van der Waals surface area contributed by atoms with Crippen molar-refractivity contribution in [2.75, 3.05) is 6.54 Å². The zero-order chi connectivity index (χ0) is 10.1. The SMILES string of the molecule is CC1CNC(c2ccco2)C(C)S1=O. The van der Waals surface area contributed by atoms with Crippen molar-refractivity contribution in [3.05, 3.63) is 24.2 Å². The second-order valence-electron chi connectivity index (χ2n) is 3.75. The van der Waals surface area contributed by atoms with Gasteiger partial charge in [-0.2, -0.15) is 0 Å². The maximum atomic E-state index is 11.9. The van der Waals surface area contributed by atoms with Gasteiger partial charge in [0.2, 0.25) is 0 Å². The Labute approximate surface area is 86.3 Å². The smallest absolute Gasteiger partial charge is 0.121 e. The van der Waals surface area contributed by atoms with E-state index in [-0.39, 0.29) is 16.5 Å². The minimum atomic E-state index is -0.767. The van der Waals surface area contributed by atoms with Crippen LogP contribution in [0.4, 0.5) is 0 Å². The first-order chi connectivity index (χ1) is 6.70. The summed E-state index contributed by atoms with van der Waals surface area (Å²) in [4.78, 5) is 0. The molecule has 0 spiro atoms. The number of hydrogen-bond acceptors (Lipinski definition) is 3. The van der Waals surface area contributed by atoms with E-state index in [4.69, 9.17) is 4.42 Å². The number of rotatable bonds is 1. The highest BCUT2D eigenvalue weighted by atomic mass is 32.2. The van der Waals surface area contributed by atoms with Crippen molar-refractivity contribution in [3.8, 4) is 0 Å². The largest absolute Gasteiger partial charge is 0.468 e. The van der Waals surface area contributed by atoms with Gasteiger partial charge in [0.25, 0.3) is 0 Å². The summed E-state index contributed by atoms with van der Waals surface area (Å²) in [5, 5.41) is 3.71. The maximum absolute atomic E-state index is 11.9. The summed E-state index contributed by atoms with van der Waals surface area (Å²) in [6.45, 7) is 4.81. The Balaban J connectivity index is 2.19. The Kier molecular flexibility index (Phi) is 2.74. The number of hydrogen-bond donors (Lipinski definition) is 1. The van der Waals surface area contributed by atoms with Crippen molar-refractivity contribution in [1.82, 2.24) is 5.32 Å². The summed E-state index contributed by atoms with van der Waals surface area (Å²) in [5.41, 5.74) is 0. The highest BCUT2D eigenvalue weighted by Gasteiger charge is 2.33. The Bertz CT molecular complexity index is 323.